The van der Waals surface area contributed by atoms with Crippen molar-refractivity contribution in [3.05, 3.63) is 40.3 Å². The number of nitrogens with zero attached hydrogens (tertiary/aromatic N) is 2. The maximum atomic E-state index is 12.5. The summed E-state index contributed by atoms with van der Waals surface area (Å²) in [7, 11) is -0.411. The van der Waals surface area contributed by atoms with Gasteiger partial charge in [-0.2, -0.15) is 17.0 Å². The van der Waals surface area contributed by atoms with Crippen molar-refractivity contribution in [1.29, 1.82) is 0 Å². The molecule has 144 valence electrons. The molecule has 2 aliphatic heterocycles. The van der Waals surface area contributed by atoms with E-state index in [4.69, 9.17) is 4.74 Å². The molecule has 3 aliphatic rings. The standard InChI is InChI=1S/C18H20N2O5S2/c1-19(2)27(23,24)20-9-7-18(8-10-20)11-26-17-15(22)14(21)12-5-3-4-6-13(12)16(17)25-18/h3-6H,7-11H2,1-2H3. The first-order valence-corrected chi connectivity index (χ1v) is 11.1. The molecule has 0 unspecified atom stereocenters. The van der Waals surface area contributed by atoms with E-state index in [2.05, 4.69) is 0 Å². The molecule has 1 spiro atoms. The molecule has 0 atom stereocenters. The molecule has 1 saturated heterocycles. The first-order valence-electron chi connectivity index (χ1n) is 8.67. The second kappa shape index (κ2) is 6.44. The molecular weight excluding hydrogens is 388 g/mol. The van der Waals surface area contributed by atoms with Crippen molar-refractivity contribution < 1.29 is 22.7 Å². The van der Waals surface area contributed by atoms with Crippen LogP contribution in [-0.4, -0.2) is 67.1 Å². The van der Waals surface area contributed by atoms with Crippen LogP contribution in [0, 0.1) is 0 Å². The van der Waals surface area contributed by atoms with Crippen LogP contribution in [0.25, 0.3) is 5.76 Å². The van der Waals surface area contributed by atoms with Crippen molar-refractivity contribution in [3.63, 3.8) is 0 Å². The van der Waals surface area contributed by atoms with E-state index in [0.29, 0.717) is 53.5 Å². The van der Waals surface area contributed by atoms with Crippen molar-refractivity contribution in [3.8, 4) is 0 Å². The second-order valence-corrected chi connectivity index (χ2v) is 10.3. The van der Waals surface area contributed by atoms with Gasteiger partial charge in [-0.25, -0.2) is 0 Å². The zero-order valence-corrected chi connectivity index (χ0v) is 16.7. The average Bonchev–Trinajstić information content (AvgIpc) is 2.66. The van der Waals surface area contributed by atoms with Gasteiger partial charge in [0, 0.05) is 56.9 Å². The Balaban J connectivity index is 1.62. The summed E-state index contributed by atoms with van der Waals surface area (Å²) in [5, 5.41) is 0. The van der Waals surface area contributed by atoms with Gasteiger partial charge in [-0.15, -0.1) is 11.8 Å². The fourth-order valence-corrected chi connectivity index (χ4v) is 5.98. The third kappa shape index (κ3) is 2.93. The maximum absolute atomic E-state index is 12.5. The molecule has 0 bridgehead atoms. The number of ether oxygens (including phenoxy) is 1. The Morgan fingerprint density at radius 2 is 1.70 bits per heavy atom. The molecule has 0 saturated carbocycles. The lowest BCUT2D eigenvalue weighted by Crippen LogP contribution is -2.52. The summed E-state index contributed by atoms with van der Waals surface area (Å²) in [6.45, 7) is 0.719. The van der Waals surface area contributed by atoms with Crippen LogP contribution in [0.15, 0.2) is 29.2 Å². The lowest BCUT2D eigenvalue weighted by molar-refractivity contribution is -0.111. The van der Waals surface area contributed by atoms with Crippen LogP contribution in [0.3, 0.4) is 0 Å². The monoisotopic (exact) mass is 408 g/mol. The van der Waals surface area contributed by atoms with Gasteiger partial charge in [0.1, 0.15) is 16.3 Å². The van der Waals surface area contributed by atoms with Crippen LogP contribution in [0.2, 0.25) is 0 Å². The molecule has 1 fully saturated rings. The van der Waals surface area contributed by atoms with E-state index in [-0.39, 0.29) is 0 Å². The first kappa shape index (κ1) is 18.7. The number of benzene rings is 1. The van der Waals surface area contributed by atoms with Gasteiger partial charge in [-0.05, 0) is 0 Å². The highest BCUT2D eigenvalue weighted by molar-refractivity contribution is 8.04. The molecule has 0 aromatic heterocycles. The number of carbonyl (C=O) groups excluding carboxylic acids is 2. The molecular formula is C18H20N2O5S2. The highest BCUT2D eigenvalue weighted by atomic mass is 32.2. The summed E-state index contributed by atoms with van der Waals surface area (Å²) in [5.41, 5.74) is 0.480. The number of thioether (sulfide) groups is 1. The van der Waals surface area contributed by atoms with Gasteiger partial charge in [-0.1, -0.05) is 24.3 Å². The fourth-order valence-electron chi connectivity index (χ4n) is 3.61. The Labute approximate surface area is 162 Å². The highest BCUT2D eigenvalue weighted by Gasteiger charge is 2.47. The Hall–Kier alpha value is -1.68. The quantitative estimate of drug-likeness (QED) is 0.690. The molecule has 1 aromatic rings. The largest absolute Gasteiger partial charge is 0.484 e. The van der Waals surface area contributed by atoms with Crippen LogP contribution in [0.1, 0.15) is 28.8 Å². The van der Waals surface area contributed by atoms with Gasteiger partial charge in [0.25, 0.3) is 10.2 Å². The Bertz CT molecular complexity index is 960. The van der Waals surface area contributed by atoms with Crippen molar-refractivity contribution in [2.24, 2.45) is 0 Å². The summed E-state index contributed by atoms with van der Waals surface area (Å²) in [6.07, 6.45) is 1.07. The Kier molecular flexibility index (Phi) is 4.45. The molecule has 0 N–H and O–H groups in total. The topological polar surface area (TPSA) is 84.0 Å². The molecule has 2 heterocycles. The van der Waals surface area contributed by atoms with Crippen LogP contribution in [-0.2, 0) is 19.7 Å². The molecule has 1 aliphatic carbocycles. The number of piperidine rings is 1. The zero-order chi connectivity index (χ0) is 19.4. The molecule has 1 aromatic carbocycles. The van der Waals surface area contributed by atoms with Crippen LogP contribution in [0.4, 0.5) is 0 Å². The summed E-state index contributed by atoms with van der Waals surface area (Å²) in [4.78, 5) is 25.1. The van der Waals surface area contributed by atoms with Crippen LogP contribution < -0.4 is 0 Å². The van der Waals surface area contributed by atoms with Gasteiger partial charge < -0.3 is 4.74 Å². The zero-order valence-electron chi connectivity index (χ0n) is 15.1. The van der Waals surface area contributed by atoms with Crippen molar-refractivity contribution in [2.45, 2.75) is 18.4 Å². The summed E-state index contributed by atoms with van der Waals surface area (Å²) in [6, 6.07) is 6.97. The van der Waals surface area contributed by atoms with E-state index in [1.165, 1.54) is 34.5 Å². The average molecular weight is 409 g/mol. The predicted octanol–water partition coefficient (Wildman–Crippen LogP) is 1.53. The summed E-state index contributed by atoms with van der Waals surface area (Å²) in [5.74, 6) is -0.0158. The van der Waals surface area contributed by atoms with E-state index in [1.54, 1.807) is 18.2 Å². The number of carbonyl (C=O) groups is 2. The molecule has 7 nitrogen and oxygen atoms in total. The lowest BCUT2D eigenvalue weighted by atomic mass is 9.90. The summed E-state index contributed by atoms with van der Waals surface area (Å²) < 4.78 is 33.7. The number of allylic oxidation sites excluding steroid dienone is 1. The van der Waals surface area contributed by atoms with Gasteiger partial charge >= 0.3 is 0 Å². The molecule has 27 heavy (non-hydrogen) atoms. The highest BCUT2D eigenvalue weighted by Crippen LogP contribution is 2.47. The number of hydrogen-bond donors (Lipinski definition) is 0. The third-order valence-corrected chi connectivity index (χ3v) is 8.53. The number of fused-ring (bicyclic) bond motifs is 2. The fraction of sp³-hybridized carbons (Fsp3) is 0.444. The number of ketones is 2. The Morgan fingerprint density at radius 3 is 2.33 bits per heavy atom. The van der Waals surface area contributed by atoms with Crippen molar-refractivity contribution >= 4 is 39.3 Å². The number of hydrogen-bond acceptors (Lipinski definition) is 6. The van der Waals surface area contributed by atoms with Gasteiger partial charge in [0.05, 0.1) is 0 Å². The summed E-state index contributed by atoms with van der Waals surface area (Å²) >= 11 is 1.35. The van der Waals surface area contributed by atoms with Gasteiger partial charge in [0.15, 0.2) is 0 Å². The second-order valence-electron chi connectivity index (χ2n) is 7.13. The minimum Gasteiger partial charge on any atom is -0.484 e. The third-order valence-electron chi connectivity index (χ3n) is 5.25. The normalized spacial score (nSPS) is 22.6. The van der Waals surface area contributed by atoms with Crippen LogP contribution in [0.5, 0.6) is 0 Å². The van der Waals surface area contributed by atoms with Crippen LogP contribution >= 0.6 is 11.8 Å². The van der Waals surface area contributed by atoms with Gasteiger partial charge in [0.2, 0.25) is 11.6 Å². The minimum absolute atomic E-state index is 0.359. The maximum Gasteiger partial charge on any atom is 0.281 e. The van der Waals surface area contributed by atoms with E-state index in [1.807, 2.05) is 6.07 Å². The Morgan fingerprint density at radius 1 is 1.07 bits per heavy atom. The lowest BCUT2D eigenvalue weighted by Gasteiger charge is -2.45. The first-order chi connectivity index (χ1) is 12.8. The molecule has 0 amide bonds. The van der Waals surface area contributed by atoms with E-state index < -0.39 is 27.4 Å². The molecule has 9 heteroatoms. The van der Waals surface area contributed by atoms with E-state index >= 15 is 0 Å². The van der Waals surface area contributed by atoms with E-state index in [0.717, 1.165) is 0 Å². The number of rotatable bonds is 2. The van der Waals surface area contributed by atoms with Gasteiger partial charge in [-0.3, -0.25) is 9.59 Å². The minimum atomic E-state index is -3.45. The molecule has 4 rings (SSSR count). The smallest absolute Gasteiger partial charge is 0.281 e. The van der Waals surface area contributed by atoms with Crippen molar-refractivity contribution in [1.82, 2.24) is 8.61 Å². The predicted molar refractivity (Wildman–Crippen MR) is 102 cm³/mol. The SMILES string of the molecule is CN(C)S(=O)(=O)N1CCC2(CC1)CSC1=C(O2)c2ccccc2C(=O)C1=O. The molecule has 0 radical (unpaired) electrons. The van der Waals surface area contributed by atoms with Crippen molar-refractivity contribution in [2.75, 3.05) is 32.9 Å². The van der Waals surface area contributed by atoms with E-state index in [9.17, 15) is 18.0 Å². The number of Topliss-reactive ketones (excluding diaryl/α,β-unsaturated/α-hetero) is 2.